The van der Waals surface area contributed by atoms with Gasteiger partial charge in [0.25, 0.3) is 5.91 Å². The highest BCUT2D eigenvalue weighted by Gasteiger charge is 2.23. The van der Waals surface area contributed by atoms with Gasteiger partial charge >= 0.3 is 0 Å². The topological polar surface area (TPSA) is 41.6 Å². The van der Waals surface area contributed by atoms with E-state index in [1.807, 2.05) is 0 Å². The van der Waals surface area contributed by atoms with Crippen molar-refractivity contribution in [3.63, 3.8) is 0 Å². The Labute approximate surface area is 120 Å². The van der Waals surface area contributed by atoms with Crippen molar-refractivity contribution in [2.24, 2.45) is 0 Å². The van der Waals surface area contributed by atoms with Gasteiger partial charge in [0.1, 0.15) is 5.75 Å². The smallest absolute Gasteiger partial charge is 0.266 e. The van der Waals surface area contributed by atoms with E-state index in [0.29, 0.717) is 34.0 Å². The zero-order valence-electron chi connectivity index (χ0n) is 9.28. The summed E-state index contributed by atoms with van der Waals surface area (Å²) in [6, 6.07) is 4.83. The van der Waals surface area contributed by atoms with Crippen LogP contribution >= 0.6 is 35.4 Å². The van der Waals surface area contributed by atoms with Crippen LogP contribution in [0.25, 0.3) is 0 Å². The average Bonchev–Trinajstić information content (AvgIpc) is 2.74. The first-order valence-corrected chi connectivity index (χ1v) is 6.40. The van der Waals surface area contributed by atoms with Crippen LogP contribution in [0, 0.1) is 0 Å². The second-order valence-corrected chi connectivity index (χ2v) is 4.87. The van der Waals surface area contributed by atoms with Gasteiger partial charge in [-0.05, 0) is 30.4 Å². The van der Waals surface area contributed by atoms with Gasteiger partial charge in [-0.15, -0.1) is 0 Å². The Bertz CT molecular complexity index is 496. The minimum Gasteiger partial charge on any atom is -0.482 e. The Hall–Kier alpha value is -1.04. The lowest BCUT2D eigenvalue weighted by atomic mass is 10.3. The van der Waals surface area contributed by atoms with Crippen molar-refractivity contribution < 1.29 is 9.53 Å². The summed E-state index contributed by atoms with van der Waals surface area (Å²) >= 11 is 16.7. The zero-order valence-corrected chi connectivity index (χ0v) is 11.6. The Balaban J connectivity index is 1.95. The van der Waals surface area contributed by atoms with Crippen molar-refractivity contribution in [1.82, 2.24) is 10.2 Å². The van der Waals surface area contributed by atoms with E-state index in [9.17, 15) is 4.79 Å². The fraction of sp³-hybridized carbons (Fsp3) is 0.273. The third-order valence-corrected chi connectivity index (χ3v) is 3.30. The molecule has 1 saturated heterocycles. The summed E-state index contributed by atoms with van der Waals surface area (Å²) in [6.45, 7) is 1.13. The van der Waals surface area contributed by atoms with Crippen LogP contribution in [0.1, 0.15) is 0 Å². The molecule has 1 aromatic rings. The molecule has 1 aromatic carbocycles. The molecule has 0 aliphatic carbocycles. The van der Waals surface area contributed by atoms with Crippen molar-refractivity contribution in [2.45, 2.75) is 0 Å². The van der Waals surface area contributed by atoms with Crippen LogP contribution in [0.3, 0.4) is 0 Å². The number of amides is 1. The number of rotatable bonds is 3. The van der Waals surface area contributed by atoms with Crippen LogP contribution in [0.4, 0.5) is 0 Å². The zero-order chi connectivity index (χ0) is 13.1. The van der Waals surface area contributed by atoms with Gasteiger partial charge in [0, 0.05) is 18.1 Å². The predicted octanol–water partition coefficient (Wildman–Crippen LogP) is 2.09. The van der Waals surface area contributed by atoms with Gasteiger partial charge < -0.3 is 10.1 Å². The first kappa shape index (κ1) is 13.4. The molecule has 96 valence electrons. The van der Waals surface area contributed by atoms with E-state index in [1.54, 1.807) is 18.2 Å². The molecular weight excluding hydrogens is 295 g/mol. The first-order valence-electron chi connectivity index (χ1n) is 5.24. The van der Waals surface area contributed by atoms with Crippen molar-refractivity contribution in [3.05, 3.63) is 28.2 Å². The fourth-order valence-corrected chi connectivity index (χ4v) is 2.28. The van der Waals surface area contributed by atoms with Crippen molar-refractivity contribution in [1.29, 1.82) is 0 Å². The minimum atomic E-state index is -0.198. The standard InChI is InChI=1S/C11H10Cl2N2O2S/c12-7-1-2-9(8(13)5-7)17-6-10(16)15-4-3-14-11(15)18/h1-2,5H,3-4,6H2,(H,14,18). The molecule has 1 N–H and O–H groups in total. The second kappa shape index (κ2) is 5.73. The fourth-order valence-electron chi connectivity index (χ4n) is 1.52. The maximum Gasteiger partial charge on any atom is 0.266 e. The summed E-state index contributed by atoms with van der Waals surface area (Å²) in [6.07, 6.45) is 0. The van der Waals surface area contributed by atoms with Gasteiger partial charge in [-0.25, -0.2) is 0 Å². The summed E-state index contributed by atoms with van der Waals surface area (Å²) in [5.74, 6) is 0.225. The third-order valence-electron chi connectivity index (χ3n) is 2.40. The van der Waals surface area contributed by atoms with Crippen LogP contribution in [0.15, 0.2) is 18.2 Å². The molecule has 18 heavy (non-hydrogen) atoms. The second-order valence-electron chi connectivity index (χ2n) is 3.64. The maximum absolute atomic E-state index is 11.8. The molecule has 1 heterocycles. The molecule has 7 heteroatoms. The van der Waals surface area contributed by atoms with Gasteiger partial charge in [0.05, 0.1) is 5.02 Å². The normalized spacial score (nSPS) is 14.6. The Morgan fingerprint density at radius 3 is 2.89 bits per heavy atom. The number of ether oxygens (including phenoxy) is 1. The lowest BCUT2D eigenvalue weighted by Crippen LogP contribution is -2.37. The monoisotopic (exact) mass is 304 g/mol. The molecule has 0 atom stereocenters. The molecule has 0 radical (unpaired) electrons. The van der Waals surface area contributed by atoms with Crippen molar-refractivity contribution >= 4 is 46.4 Å². The lowest BCUT2D eigenvalue weighted by Gasteiger charge is -2.15. The van der Waals surface area contributed by atoms with Gasteiger partial charge in [-0.2, -0.15) is 0 Å². The number of hydrogen-bond acceptors (Lipinski definition) is 3. The van der Waals surface area contributed by atoms with Crippen LogP contribution < -0.4 is 10.1 Å². The lowest BCUT2D eigenvalue weighted by molar-refractivity contribution is -0.128. The van der Waals surface area contributed by atoms with E-state index >= 15 is 0 Å². The van der Waals surface area contributed by atoms with Gasteiger partial charge in [0.15, 0.2) is 11.7 Å². The quantitative estimate of drug-likeness (QED) is 0.868. The van der Waals surface area contributed by atoms with E-state index in [0.717, 1.165) is 0 Å². The Morgan fingerprint density at radius 1 is 1.50 bits per heavy atom. The van der Waals surface area contributed by atoms with Gasteiger partial charge in [0.2, 0.25) is 0 Å². The molecule has 0 aromatic heterocycles. The molecular formula is C11H10Cl2N2O2S. The average molecular weight is 305 g/mol. The highest BCUT2D eigenvalue weighted by atomic mass is 35.5. The van der Waals surface area contributed by atoms with E-state index in [-0.39, 0.29) is 12.5 Å². The maximum atomic E-state index is 11.8. The molecule has 2 rings (SSSR count). The molecule has 4 nitrogen and oxygen atoms in total. The van der Waals surface area contributed by atoms with Crippen LogP contribution in [-0.2, 0) is 4.79 Å². The SMILES string of the molecule is O=C(COc1ccc(Cl)cc1Cl)N1CCNC1=S. The molecule has 0 spiro atoms. The van der Waals surface area contributed by atoms with Gasteiger partial charge in [-0.1, -0.05) is 23.2 Å². The van der Waals surface area contributed by atoms with E-state index in [2.05, 4.69) is 5.32 Å². The van der Waals surface area contributed by atoms with E-state index in [1.165, 1.54) is 4.90 Å². The number of carbonyl (C=O) groups excluding carboxylic acids is 1. The molecule has 0 saturated carbocycles. The number of hydrogen-bond donors (Lipinski definition) is 1. The van der Waals surface area contributed by atoms with Crippen LogP contribution in [0.5, 0.6) is 5.75 Å². The number of carbonyl (C=O) groups is 1. The molecule has 1 aliphatic rings. The number of nitrogens with one attached hydrogen (secondary N) is 1. The number of nitrogens with zero attached hydrogens (tertiary/aromatic N) is 1. The molecule has 0 unspecified atom stereocenters. The summed E-state index contributed by atoms with van der Waals surface area (Å²) < 4.78 is 5.35. The largest absolute Gasteiger partial charge is 0.482 e. The summed E-state index contributed by atoms with van der Waals surface area (Å²) in [5.41, 5.74) is 0. The van der Waals surface area contributed by atoms with Crippen molar-refractivity contribution in [2.75, 3.05) is 19.7 Å². The summed E-state index contributed by atoms with van der Waals surface area (Å²) in [7, 11) is 0. The molecule has 1 aliphatic heterocycles. The minimum absolute atomic E-state index is 0.108. The number of thiocarbonyl (C=S) groups is 1. The summed E-state index contributed by atoms with van der Waals surface area (Å²) in [5, 5.41) is 4.23. The van der Waals surface area contributed by atoms with Crippen LogP contribution in [0.2, 0.25) is 10.0 Å². The highest BCUT2D eigenvalue weighted by molar-refractivity contribution is 7.80. The Kier molecular flexibility index (Phi) is 4.27. The van der Waals surface area contributed by atoms with Crippen LogP contribution in [-0.4, -0.2) is 35.6 Å². The molecule has 1 amide bonds. The number of halogens is 2. The summed E-state index contributed by atoms with van der Waals surface area (Å²) in [4.78, 5) is 13.3. The third kappa shape index (κ3) is 3.04. The molecule has 0 bridgehead atoms. The van der Waals surface area contributed by atoms with E-state index in [4.69, 9.17) is 40.2 Å². The molecule has 1 fully saturated rings. The van der Waals surface area contributed by atoms with Crippen molar-refractivity contribution in [3.8, 4) is 5.75 Å². The Morgan fingerprint density at radius 2 is 2.28 bits per heavy atom. The van der Waals surface area contributed by atoms with Gasteiger partial charge in [-0.3, -0.25) is 9.69 Å². The highest BCUT2D eigenvalue weighted by Crippen LogP contribution is 2.27. The predicted molar refractivity (Wildman–Crippen MR) is 74.3 cm³/mol. The first-order chi connectivity index (χ1) is 8.58. The number of benzene rings is 1. The van der Waals surface area contributed by atoms with E-state index < -0.39 is 0 Å².